The minimum absolute atomic E-state index is 0.711. The number of furan rings is 1. The zero-order valence-electron chi connectivity index (χ0n) is 8.38. The number of nitrogens with zero attached hydrogens (tertiary/aromatic N) is 1. The molecule has 0 unspecified atom stereocenters. The summed E-state index contributed by atoms with van der Waals surface area (Å²) in [6, 6.07) is 13.1. The minimum atomic E-state index is 0.711. The molecule has 76 valence electrons. The van der Waals surface area contributed by atoms with Crippen molar-refractivity contribution in [2.45, 2.75) is 6.92 Å². The van der Waals surface area contributed by atoms with Gasteiger partial charge < -0.3 is 9.25 Å². The fraction of sp³-hybridized carbons (Fsp3) is 0.0833. The van der Waals surface area contributed by atoms with Crippen molar-refractivity contribution in [3.05, 3.63) is 54.5 Å². The fourth-order valence-corrected chi connectivity index (χ4v) is 1.13. The van der Waals surface area contributed by atoms with Crippen LogP contribution >= 0.6 is 0 Å². The van der Waals surface area contributed by atoms with Gasteiger partial charge in [-0.3, -0.25) is 0 Å². The first-order chi connectivity index (χ1) is 7.36. The molecule has 2 aromatic rings. The van der Waals surface area contributed by atoms with E-state index >= 15 is 0 Å². The second-order valence-electron chi connectivity index (χ2n) is 3.06. The normalized spacial score (nSPS) is 11.4. The third kappa shape index (κ3) is 2.47. The smallest absolute Gasteiger partial charge is 0.157 e. The summed E-state index contributed by atoms with van der Waals surface area (Å²) < 4.78 is 5.17. The van der Waals surface area contributed by atoms with Gasteiger partial charge in [0, 0.05) is 0 Å². The summed E-state index contributed by atoms with van der Waals surface area (Å²) in [7, 11) is 0. The van der Waals surface area contributed by atoms with Crippen molar-refractivity contribution in [1.82, 2.24) is 0 Å². The summed E-state index contributed by atoms with van der Waals surface area (Å²) in [4.78, 5) is 5.22. The van der Waals surface area contributed by atoms with Crippen LogP contribution in [0.4, 0.5) is 0 Å². The first-order valence-corrected chi connectivity index (χ1v) is 4.67. The molecule has 0 aliphatic rings. The van der Waals surface area contributed by atoms with Gasteiger partial charge in [-0.25, -0.2) is 0 Å². The van der Waals surface area contributed by atoms with Crippen molar-refractivity contribution in [1.29, 1.82) is 0 Å². The second kappa shape index (κ2) is 4.46. The van der Waals surface area contributed by atoms with E-state index in [-0.39, 0.29) is 0 Å². The van der Waals surface area contributed by atoms with Crippen molar-refractivity contribution >= 4 is 5.71 Å². The Hall–Kier alpha value is -2.03. The Kier molecular flexibility index (Phi) is 2.83. The monoisotopic (exact) mass is 201 g/mol. The van der Waals surface area contributed by atoms with Gasteiger partial charge in [-0.2, -0.15) is 0 Å². The third-order valence-electron chi connectivity index (χ3n) is 1.91. The van der Waals surface area contributed by atoms with Crippen LogP contribution in [0.5, 0.6) is 5.75 Å². The molecule has 0 fully saturated rings. The first-order valence-electron chi connectivity index (χ1n) is 4.67. The summed E-state index contributed by atoms with van der Waals surface area (Å²) in [6.07, 6.45) is 1.61. The maximum atomic E-state index is 5.22. The van der Waals surface area contributed by atoms with Crippen molar-refractivity contribution in [3.8, 4) is 5.75 Å². The number of hydrogen-bond donors (Lipinski definition) is 0. The van der Waals surface area contributed by atoms with Crippen LogP contribution < -0.4 is 4.84 Å². The highest BCUT2D eigenvalue weighted by Crippen LogP contribution is 2.09. The van der Waals surface area contributed by atoms with Crippen LogP contribution in [-0.2, 0) is 0 Å². The number of benzene rings is 1. The second-order valence-corrected chi connectivity index (χ2v) is 3.06. The molecular formula is C12H11NO2. The molecule has 0 saturated carbocycles. The van der Waals surface area contributed by atoms with E-state index < -0.39 is 0 Å². The minimum Gasteiger partial charge on any atom is -0.463 e. The van der Waals surface area contributed by atoms with Crippen LogP contribution in [0, 0.1) is 0 Å². The van der Waals surface area contributed by atoms with E-state index in [0.717, 1.165) is 0 Å². The average Bonchev–Trinajstić information content (AvgIpc) is 2.81. The Bertz CT molecular complexity index is 432. The molecule has 0 spiro atoms. The SMILES string of the molecule is C/C(=N\Oc1ccccc1)c1ccco1. The van der Waals surface area contributed by atoms with Crippen LogP contribution in [-0.4, -0.2) is 5.71 Å². The Balaban J connectivity index is 2.06. The molecule has 1 aromatic heterocycles. The average molecular weight is 201 g/mol. The molecule has 15 heavy (non-hydrogen) atoms. The largest absolute Gasteiger partial charge is 0.463 e. The van der Waals surface area contributed by atoms with Gasteiger partial charge in [0.15, 0.2) is 11.5 Å². The lowest BCUT2D eigenvalue weighted by atomic mass is 10.3. The van der Waals surface area contributed by atoms with Crippen LogP contribution in [0.25, 0.3) is 0 Å². The lowest BCUT2D eigenvalue weighted by Crippen LogP contribution is -1.95. The molecule has 0 aliphatic carbocycles. The molecule has 3 nitrogen and oxygen atoms in total. The van der Waals surface area contributed by atoms with Gasteiger partial charge in [0.1, 0.15) is 5.71 Å². The maximum absolute atomic E-state index is 5.22. The van der Waals surface area contributed by atoms with E-state index in [1.54, 1.807) is 6.26 Å². The van der Waals surface area contributed by atoms with Crippen molar-refractivity contribution in [3.63, 3.8) is 0 Å². The van der Waals surface area contributed by atoms with E-state index in [1.165, 1.54) is 0 Å². The number of rotatable bonds is 3. The van der Waals surface area contributed by atoms with Crippen LogP contribution in [0.1, 0.15) is 12.7 Å². The lowest BCUT2D eigenvalue weighted by Gasteiger charge is -1.98. The zero-order valence-corrected chi connectivity index (χ0v) is 8.38. The van der Waals surface area contributed by atoms with E-state index in [4.69, 9.17) is 9.25 Å². The first kappa shape index (κ1) is 9.52. The van der Waals surface area contributed by atoms with E-state index in [0.29, 0.717) is 17.2 Å². The maximum Gasteiger partial charge on any atom is 0.157 e. The third-order valence-corrected chi connectivity index (χ3v) is 1.91. The zero-order chi connectivity index (χ0) is 10.5. The number of hydrogen-bond acceptors (Lipinski definition) is 3. The van der Waals surface area contributed by atoms with Crippen molar-refractivity contribution < 1.29 is 9.25 Å². The summed E-state index contributed by atoms with van der Waals surface area (Å²) >= 11 is 0. The van der Waals surface area contributed by atoms with Gasteiger partial charge in [0.05, 0.1) is 6.26 Å². The van der Waals surface area contributed by atoms with Crippen molar-refractivity contribution in [2.24, 2.45) is 5.16 Å². The van der Waals surface area contributed by atoms with Gasteiger partial charge in [0.25, 0.3) is 0 Å². The van der Waals surface area contributed by atoms with Crippen LogP contribution in [0.15, 0.2) is 58.3 Å². The molecule has 0 radical (unpaired) electrons. The Morgan fingerprint density at radius 2 is 1.93 bits per heavy atom. The summed E-state index contributed by atoms with van der Waals surface area (Å²) in [5.41, 5.74) is 0.712. The standard InChI is InChI=1S/C12H11NO2/c1-10(12-8-5-9-14-12)13-15-11-6-3-2-4-7-11/h2-9H,1H3/b13-10+. The summed E-state index contributed by atoms with van der Waals surface area (Å²) in [6.45, 7) is 1.84. The lowest BCUT2D eigenvalue weighted by molar-refractivity contribution is 0.340. The topological polar surface area (TPSA) is 34.7 Å². The molecule has 1 heterocycles. The molecule has 0 saturated heterocycles. The Morgan fingerprint density at radius 3 is 2.60 bits per heavy atom. The molecule has 0 N–H and O–H groups in total. The predicted octanol–water partition coefficient (Wildman–Crippen LogP) is 3.08. The highest BCUT2D eigenvalue weighted by atomic mass is 16.6. The summed E-state index contributed by atoms with van der Waals surface area (Å²) in [5, 5.41) is 3.96. The Morgan fingerprint density at radius 1 is 1.13 bits per heavy atom. The van der Waals surface area contributed by atoms with E-state index in [9.17, 15) is 0 Å². The van der Waals surface area contributed by atoms with Crippen LogP contribution in [0.2, 0.25) is 0 Å². The van der Waals surface area contributed by atoms with Crippen molar-refractivity contribution in [2.75, 3.05) is 0 Å². The van der Waals surface area contributed by atoms with Gasteiger partial charge in [-0.1, -0.05) is 23.4 Å². The van der Waals surface area contributed by atoms with Gasteiger partial charge >= 0.3 is 0 Å². The highest BCUT2D eigenvalue weighted by Gasteiger charge is 2.00. The molecule has 1 aromatic carbocycles. The van der Waals surface area contributed by atoms with Gasteiger partial charge in [-0.05, 0) is 31.2 Å². The quantitative estimate of drug-likeness (QED) is 0.565. The number of para-hydroxylation sites is 1. The highest BCUT2D eigenvalue weighted by molar-refractivity contribution is 5.95. The number of oxime groups is 1. The van der Waals surface area contributed by atoms with Gasteiger partial charge in [-0.15, -0.1) is 0 Å². The fourth-order valence-electron chi connectivity index (χ4n) is 1.13. The van der Waals surface area contributed by atoms with Crippen LogP contribution in [0.3, 0.4) is 0 Å². The van der Waals surface area contributed by atoms with E-state index in [2.05, 4.69) is 5.16 Å². The molecular weight excluding hydrogens is 190 g/mol. The predicted molar refractivity (Wildman–Crippen MR) is 58.0 cm³/mol. The molecule has 0 amide bonds. The van der Waals surface area contributed by atoms with E-state index in [1.807, 2.05) is 49.4 Å². The molecule has 3 heteroatoms. The van der Waals surface area contributed by atoms with Gasteiger partial charge in [0.2, 0.25) is 0 Å². The molecule has 0 atom stereocenters. The summed E-state index contributed by atoms with van der Waals surface area (Å²) in [5.74, 6) is 1.43. The molecule has 2 rings (SSSR count). The molecule has 0 bridgehead atoms. The molecule has 0 aliphatic heterocycles. The Labute approximate surface area is 88.0 Å².